The van der Waals surface area contributed by atoms with E-state index in [-0.39, 0.29) is 25.7 Å². The van der Waals surface area contributed by atoms with Crippen LogP contribution in [0.2, 0.25) is 0 Å². The quantitative estimate of drug-likeness (QED) is 0.0222. The highest BCUT2D eigenvalue weighted by molar-refractivity contribution is 7.47. The van der Waals surface area contributed by atoms with Gasteiger partial charge in [0.05, 0.1) is 26.4 Å². The first-order chi connectivity index (χ1) is 47.7. The van der Waals surface area contributed by atoms with Crippen LogP contribution in [0.5, 0.6) is 0 Å². The van der Waals surface area contributed by atoms with Gasteiger partial charge in [0.15, 0.2) is 12.2 Å². The Kier molecular flexibility index (Phi) is 67.8. The van der Waals surface area contributed by atoms with Gasteiger partial charge in [-0.05, 0) is 49.4 Å². The lowest BCUT2D eigenvalue weighted by Gasteiger charge is -2.21. The van der Waals surface area contributed by atoms with Gasteiger partial charge in [-0.2, -0.15) is 0 Å². The minimum absolute atomic E-state index is 0.106. The molecule has 0 aliphatic heterocycles. The Morgan fingerprint density at radius 1 is 0.283 bits per heavy atom. The van der Waals surface area contributed by atoms with E-state index in [2.05, 4.69) is 55.4 Å². The van der Waals surface area contributed by atoms with Crippen LogP contribution in [-0.4, -0.2) is 96.7 Å². The number of hydrogen-bond donors (Lipinski definition) is 3. The first-order valence-electron chi connectivity index (χ1n) is 41.3. The minimum atomic E-state index is -4.96. The van der Waals surface area contributed by atoms with Gasteiger partial charge < -0.3 is 33.8 Å². The second-order valence-corrected chi connectivity index (χ2v) is 33.1. The van der Waals surface area contributed by atoms with Crippen LogP contribution < -0.4 is 0 Å². The summed E-state index contributed by atoms with van der Waals surface area (Å²) in [4.78, 5) is 72.9. The van der Waals surface area contributed by atoms with Crippen molar-refractivity contribution < 1.29 is 80.2 Å². The third-order valence-corrected chi connectivity index (χ3v) is 21.2. The number of aliphatic hydroxyl groups is 1. The fourth-order valence-electron chi connectivity index (χ4n) is 12.2. The predicted octanol–water partition coefficient (Wildman–Crippen LogP) is 23.6. The van der Waals surface area contributed by atoms with Gasteiger partial charge in [0, 0.05) is 25.7 Å². The fraction of sp³-hybridized carbons (Fsp3) is 0.950. The zero-order valence-electron chi connectivity index (χ0n) is 65.1. The Hall–Kier alpha value is -1.94. The van der Waals surface area contributed by atoms with Gasteiger partial charge in [-0.1, -0.05) is 357 Å². The van der Waals surface area contributed by atoms with E-state index in [1.54, 1.807) is 0 Å². The number of aliphatic hydroxyl groups excluding tert-OH is 1. The summed E-state index contributed by atoms with van der Waals surface area (Å²) in [7, 11) is -9.92. The fourth-order valence-corrected chi connectivity index (χ4v) is 13.8. The molecular weight excluding hydrogens is 1290 g/mol. The molecule has 19 heteroatoms. The second kappa shape index (κ2) is 69.1. The predicted molar refractivity (Wildman–Crippen MR) is 404 cm³/mol. The molecule has 0 spiro atoms. The summed E-state index contributed by atoms with van der Waals surface area (Å²) in [6.07, 6.45) is 55.7. The molecule has 0 heterocycles. The van der Waals surface area contributed by atoms with Gasteiger partial charge >= 0.3 is 39.5 Å². The number of rotatable bonds is 77. The third kappa shape index (κ3) is 71.5. The van der Waals surface area contributed by atoms with Crippen molar-refractivity contribution >= 4 is 39.5 Å². The molecule has 0 saturated heterocycles. The van der Waals surface area contributed by atoms with Crippen LogP contribution in [0.25, 0.3) is 0 Å². The SMILES string of the molecule is CCC(C)CCCCCCCCCCCCCCCCC(=O)O[C@H](COC(=O)CCCCCCCCCC(C)C)COP(=O)(O)OC[C@@H](O)COP(=O)(O)OC[C@@H](COC(=O)CCCCCCCCC(C)CC)OC(=O)CCCCCCCCCCCCCCCCCCCCC(C)C. The van der Waals surface area contributed by atoms with Crippen LogP contribution in [0.15, 0.2) is 0 Å². The standard InChI is InChI=1S/C80H156O17P2/c1-9-72(7)58-50-42-34-28-24-20-17-18-22-26-30-36-47-55-62-79(84)96-75(66-90-77(82)60-52-44-37-31-33-41-49-57-71(5)6)68-94-98(86,87)92-64-74(81)65-93-99(88,89)95-69-76(67-91-78(83)61-53-45-39-38-43-51-59-73(8)10-2)97-80(85)63-54-46-35-29-25-21-16-14-12-11-13-15-19-23-27-32-40-48-56-70(3)4/h70-76,81H,9-69H2,1-8H3,(H,86,87)(H,88,89)/t72?,73?,74-,75-,76-/m1/s1. The van der Waals surface area contributed by atoms with Crippen molar-refractivity contribution in [2.45, 2.75) is 427 Å². The molecule has 17 nitrogen and oxygen atoms in total. The lowest BCUT2D eigenvalue weighted by Crippen LogP contribution is -2.30. The summed E-state index contributed by atoms with van der Waals surface area (Å²) in [5.74, 6) is 0.983. The first-order valence-corrected chi connectivity index (χ1v) is 44.3. The van der Waals surface area contributed by atoms with Gasteiger partial charge in [-0.15, -0.1) is 0 Å². The lowest BCUT2D eigenvalue weighted by molar-refractivity contribution is -0.161. The molecule has 0 aromatic carbocycles. The Balaban J connectivity index is 5.17. The normalized spacial score (nSPS) is 14.6. The molecule has 0 amide bonds. The molecule has 588 valence electrons. The topological polar surface area (TPSA) is 237 Å². The number of phosphoric ester groups is 2. The minimum Gasteiger partial charge on any atom is -0.462 e. The van der Waals surface area contributed by atoms with Crippen molar-refractivity contribution in [2.24, 2.45) is 23.7 Å². The number of phosphoric acid groups is 2. The number of esters is 4. The smallest absolute Gasteiger partial charge is 0.462 e. The molecule has 4 unspecified atom stereocenters. The monoisotopic (exact) mass is 1450 g/mol. The summed E-state index contributed by atoms with van der Waals surface area (Å²) in [5, 5.41) is 10.6. The average Bonchev–Trinajstić information content (AvgIpc) is 1.09. The summed E-state index contributed by atoms with van der Waals surface area (Å²) >= 11 is 0. The second-order valence-electron chi connectivity index (χ2n) is 30.2. The molecule has 99 heavy (non-hydrogen) atoms. The number of unbranched alkanes of at least 4 members (excludes halogenated alkanes) is 41. The number of ether oxygens (including phenoxy) is 4. The molecule has 0 fully saturated rings. The van der Waals surface area contributed by atoms with Crippen LogP contribution >= 0.6 is 15.6 Å². The molecule has 0 bridgehead atoms. The van der Waals surface area contributed by atoms with Crippen molar-refractivity contribution in [1.29, 1.82) is 0 Å². The maximum atomic E-state index is 13.1. The Morgan fingerprint density at radius 2 is 0.485 bits per heavy atom. The van der Waals surface area contributed by atoms with Crippen molar-refractivity contribution in [3.05, 3.63) is 0 Å². The van der Waals surface area contributed by atoms with Crippen LogP contribution in [-0.2, 0) is 65.4 Å². The summed E-state index contributed by atoms with van der Waals surface area (Å²) in [6, 6.07) is 0. The highest BCUT2D eigenvalue weighted by Gasteiger charge is 2.30. The van der Waals surface area contributed by atoms with Crippen LogP contribution in [0.1, 0.15) is 409 Å². The van der Waals surface area contributed by atoms with E-state index in [1.807, 2.05) is 0 Å². The number of hydrogen-bond acceptors (Lipinski definition) is 15. The summed E-state index contributed by atoms with van der Waals surface area (Å²) in [6.45, 7) is 14.2. The maximum Gasteiger partial charge on any atom is 0.472 e. The largest absolute Gasteiger partial charge is 0.472 e. The summed E-state index contributed by atoms with van der Waals surface area (Å²) in [5.41, 5.74) is 0. The van der Waals surface area contributed by atoms with E-state index in [1.165, 1.54) is 199 Å². The molecule has 0 rings (SSSR count). The molecule has 0 aliphatic carbocycles. The van der Waals surface area contributed by atoms with E-state index in [0.717, 1.165) is 120 Å². The van der Waals surface area contributed by atoms with Crippen LogP contribution in [0.4, 0.5) is 0 Å². The zero-order valence-corrected chi connectivity index (χ0v) is 66.9. The highest BCUT2D eigenvalue weighted by atomic mass is 31.2. The van der Waals surface area contributed by atoms with E-state index < -0.39 is 97.5 Å². The Labute approximate surface area is 607 Å². The van der Waals surface area contributed by atoms with E-state index in [0.29, 0.717) is 31.6 Å². The Bertz CT molecular complexity index is 1940. The number of carbonyl (C=O) groups is 4. The molecule has 3 N–H and O–H groups in total. The lowest BCUT2D eigenvalue weighted by atomic mass is 9.99. The summed E-state index contributed by atoms with van der Waals surface area (Å²) < 4.78 is 68.6. The van der Waals surface area contributed by atoms with Crippen molar-refractivity contribution in [2.75, 3.05) is 39.6 Å². The molecule has 0 radical (unpaired) electrons. The van der Waals surface area contributed by atoms with Crippen LogP contribution in [0, 0.1) is 23.7 Å². The van der Waals surface area contributed by atoms with Crippen molar-refractivity contribution in [3.8, 4) is 0 Å². The average molecular weight is 1450 g/mol. The molecule has 0 aromatic heterocycles. The van der Waals surface area contributed by atoms with E-state index >= 15 is 0 Å². The molecule has 0 saturated carbocycles. The van der Waals surface area contributed by atoms with Crippen molar-refractivity contribution in [1.82, 2.24) is 0 Å². The van der Waals surface area contributed by atoms with E-state index in [4.69, 9.17) is 37.0 Å². The molecule has 0 aromatic rings. The molecule has 7 atom stereocenters. The van der Waals surface area contributed by atoms with Crippen molar-refractivity contribution in [3.63, 3.8) is 0 Å². The van der Waals surface area contributed by atoms with Gasteiger partial charge in [-0.3, -0.25) is 37.3 Å². The molecular formula is C80H156O17P2. The van der Waals surface area contributed by atoms with Gasteiger partial charge in [-0.25, -0.2) is 9.13 Å². The van der Waals surface area contributed by atoms with Gasteiger partial charge in [0.25, 0.3) is 0 Å². The first kappa shape index (κ1) is 97.1. The maximum absolute atomic E-state index is 13.1. The number of carbonyl (C=O) groups excluding carboxylic acids is 4. The highest BCUT2D eigenvalue weighted by Crippen LogP contribution is 2.45. The van der Waals surface area contributed by atoms with Crippen LogP contribution in [0.3, 0.4) is 0 Å². The van der Waals surface area contributed by atoms with Gasteiger partial charge in [0.2, 0.25) is 0 Å². The zero-order chi connectivity index (χ0) is 73.1. The van der Waals surface area contributed by atoms with Gasteiger partial charge in [0.1, 0.15) is 19.3 Å². The Morgan fingerprint density at radius 3 is 0.717 bits per heavy atom. The van der Waals surface area contributed by atoms with E-state index in [9.17, 15) is 43.2 Å². The molecule has 0 aliphatic rings. The third-order valence-electron chi connectivity index (χ3n) is 19.3.